The maximum Gasteiger partial charge on any atom is 0.243 e. The molecule has 2 aromatic carbocycles. The summed E-state index contributed by atoms with van der Waals surface area (Å²) in [5.74, 6) is 0.686. The topological polar surface area (TPSA) is 49.9 Å². The Morgan fingerprint density at radius 1 is 1.00 bits per heavy atom. The molecule has 1 aliphatic heterocycles. The van der Waals surface area contributed by atoms with Crippen molar-refractivity contribution in [2.24, 2.45) is 0 Å². The molecule has 1 saturated heterocycles. The van der Waals surface area contributed by atoms with Crippen LogP contribution in [0.4, 0.5) is 0 Å². The molecule has 0 radical (unpaired) electrons. The standard InChI is InChI=1S/C23H32N2O3S/c1-17-13-22(28-5)14-18(2)23(17)29(26,27)24-15-19(3)25(20(4)16-24)12-11-21-9-7-6-8-10-21/h6-10,13-14,19-20H,11-12,15-16H2,1-5H3. The Hall–Kier alpha value is -1.89. The van der Waals surface area contributed by atoms with Gasteiger partial charge >= 0.3 is 0 Å². The number of rotatable bonds is 6. The van der Waals surface area contributed by atoms with Crippen molar-refractivity contribution in [3.05, 3.63) is 59.2 Å². The van der Waals surface area contributed by atoms with Crippen LogP contribution < -0.4 is 4.74 Å². The average molecular weight is 417 g/mol. The molecule has 29 heavy (non-hydrogen) atoms. The predicted molar refractivity (Wildman–Crippen MR) is 117 cm³/mol. The van der Waals surface area contributed by atoms with Gasteiger partial charge in [-0.25, -0.2) is 8.42 Å². The Bertz CT molecular complexity index is 909. The van der Waals surface area contributed by atoms with E-state index in [4.69, 9.17) is 4.74 Å². The molecule has 158 valence electrons. The molecule has 2 unspecified atom stereocenters. The number of nitrogens with zero attached hydrogens (tertiary/aromatic N) is 2. The van der Waals surface area contributed by atoms with Gasteiger partial charge in [-0.3, -0.25) is 4.90 Å². The van der Waals surface area contributed by atoms with Crippen molar-refractivity contribution in [1.82, 2.24) is 9.21 Å². The second-order valence-electron chi connectivity index (χ2n) is 8.08. The molecule has 3 rings (SSSR count). The fourth-order valence-corrected chi connectivity index (χ4v) is 6.43. The lowest BCUT2D eigenvalue weighted by Gasteiger charge is -2.44. The van der Waals surface area contributed by atoms with Crippen LogP contribution in [0.3, 0.4) is 0 Å². The molecule has 0 bridgehead atoms. The van der Waals surface area contributed by atoms with Crippen LogP contribution in [0.15, 0.2) is 47.4 Å². The van der Waals surface area contributed by atoms with E-state index in [1.165, 1.54) is 5.56 Å². The molecule has 2 atom stereocenters. The van der Waals surface area contributed by atoms with Crippen molar-refractivity contribution < 1.29 is 13.2 Å². The van der Waals surface area contributed by atoms with Gasteiger partial charge in [-0.05, 0) is 62.9 Å². The monoisotopic (exact) mass is 416 g/mol. The first-order valence-corrected chi connectivity index (χ1v) is 11.6. The van der Waals surface area contributed by atoms with E-state index in [9.17, 15) is 8.42 Å². The third-order valence-electron chi connectivity index (χ3n) is 5.84. The van der Waals surface area contributed by atoms with Gasteiger partial charge in [0.25, 0.3) is 0 Å². The zero-order valence-electron chi connectivity index (χ0n) is 18.1. The van der Waals surface area contributed by atoms with Crippen molar-refractivity contribution in [2.75, 3.05) is 26.7 Å². The highest BCUT2D eigenvalue weighted by atomic mass is 32.2. The summed E-state index contributed by atoms with van der Waals surface area (Å²) in [5, 5.41) is 0. The Labute approximate surface area is 175 Å². The minimum absolute atomic E-state index is 0.163. The Morgan fingerprint density at radius 3 is 2.07 bits per heavy atom. The van der Waals surface area contributed by atoms with Crippen LogP contribution in [0.1, 0.15) is 30.5 Å². The maximum absolute atomic E-state index is 13.5. The maximum atomic E-state index is 13.5. The van der Waals surface area contributed by atoms with Gasteiger partial charge < -0.3 is 4.74 Å². The smallest absolute Gasteiger partial charge is 0.243 e. The molecule has 0 spiro atoms. The molecular formula is C23H32N2O3S. The number of ether oxygens (including phenoxy) is 1. The number of hydrogen-bond donors (Lipinski definition) is 0. The van der Waals surface area contributed by atoms with Crippen molar-refractivity contribution >= 4 is 10.0 Å². The lowest BCUT2D eigenvalue weighted by Crippen LogP contribution is -2.58. The average Bonchev–Trinajstić information content (AvgIpc) is 2.67. The van der Waals surface area contributed by atoms with E-state index in [1.54, 1.807) is 23.5 Å². The molecule has 0 aliphatic carbocycles. The zero-order chi connectivity index (χ0) is 21.2. The Balaban J connectivity index is 1.76. The van der Waals surface area contributed by atoms with E-state index in [-0.39, 0.29) is 12.1 Å². The van der Waals surface area contributed by atoms with Gasteiger partial charge in [-0.15, -0.1) is 0 Å². The van der Waals surface area contributed by atoms with Gasteiger partial charge in [-0.2, -0.15) is 4.31 Å². The second-order valence-corrected chi connectivity index (χ2v) is 9.96. The quantitative estimate of drug-likeness (QED) is 0.721. The van der Waals surface area contributed by atoms with Crippen LogP contribution >= 0.6 is 0 Å². The van der Waals surface area contributed by atoms with Crippen LogP contribution in [0.5, 0.6) is 5.75 Å². The molecule has 1 heterocycles. The van der Waals surface area contributed by atoms with Gasteiger partial charge in [0.15, 0.2) is 0 Å². The van der Waals surface area contributed by atoms with Gasteiger partial charge in [0.2, 0.25) is 10.0 Å². The van der Waals surface area contributed by atoms with E-state index in [1.807, 2.05) is 19.9 Å². The second kappa shape index (κ2) is 8.86. The molecule has 0 aromatic heterocycles. The van der Waals surface area contributed by atoms with Crippen molar-refractivity contribution in [1.29, 1.82) is 0 Å². The van der Waals surface area contributed by atoms with Crippen molar-refractivity contribution in [3.8, 4) is 5.75 Å². The fourth-order valence-electron chi connectivity index (χ4n) is 4.41. The summed E-state index contributed by atoms with van der Waals surface area (Å²) in [6, 6.07) is 14.4. The number of sulfonamides is 1. The van der Waals surface area contributed by atoms with Crippen LogP contribution in [0.2, 0.25) is 0 Å². The van der Waals surface area contributed by atoms with Gasteiger partial charge in [0.05, 0.1) is 12.0 Å². The lowest BCUT2D eigenvalue weighted by atomic mass is 10.1. The first-order chi connectivity index (χ1) is 13.7. The van der Waals surface area contributed by atoms with Crippen LogP contribution in [0, 0.1) is 13.8 Å². The number of hydrogen-bond acceptors (Lipinski definition) is 4. The predicted octanol–water partition coefficient (Wildman–Crippen LogP) is 3.64. The highest BCUT2D eigenvalue weighted by Gasteiger charge is 2.37. The van der Waals surface area contributed by atoms with Crippen LogP contribution in [-0.2, 0) is 16.4 Å². The summed E-state index contributed by atoms with van der Waals surface area (Å²) >= 11 is 0. The highest BCUT2D eigenvalue weighted by molar-refractivity contribution is 7.89. The summed E-state index contributed by atoms with van der Waals surface area (Å²) in [4.78, 5) is 2.84. The highest BCUT2D eigenvalue weighted by Crippen LogP contribution is 2.30. The number of methoxy groups -OCH3 is 1. The largest absolute Gasteiger partial charge is 0.497 e. The minimum Gasteiger partial charge on any atom is -0.497 e. The summed E-state index contributed by atoms with van der Waals surface area (Å²) in [6.07, 6.45) is 0.971. The summed E-state index contributed by atoms with van der Waals surface area (Å²) < 4.78 is 33.9. The third-order valence-corrected chi connectivity index (χ3v) is 7.97. The van der Waals surface area contributed by atoms with Crippen molar-refractivity contribution in [3.63, 3.8) is 0 Å². The first kappa shape index (κ1) is 21.8. The van der Waals surface area contributed by atoms with Crippen LogP contribution in [-0.4, -0.2) is 56.5 Å². The summed E-state index contributed by atoms with van der Waals surface area (Å²) in [6.45, 7) is 9.87. The molecule has 0 amide bonds. The van der Waals surface area contributed by atoms with E-state index in [2.05, 4.69) is 43.0 Å². The molecule has 0 N–H and O–H groups in total. The Morgan fingerprint density at radius 2 is 1.55 bits per heavy atom. The number of aryl methyl sites for hydroxylation is 2. The molecule has 6 heteroatoms. The lowest BCUT2D eigenvalue weighted by molar-refractivity contribution is 0.0783. The zero-order valence-corrected chi connectivity index (χ0v) is 18.9. The van der Waals surface area contributed by atoms with Crippen LogP contribution in [0.25, 0.3) is 0 Å². The van der Waals surface area contributed by atoms with Crippen molar-refractivity contribution in [2.45, 2.75) is 51.1 Å². The Kier molecular flexibility index (Phi) is 6.66. The fraction of sp³-hybridized carbons (Fsp3) is 0.478. The van der Waals surface area contributed by atoms with Gasteiger partial charge in [0, 0.05) is 31.7 Å². The molecule has 1 aliphatic rings. The SMILES string of the molecule is COc1cc(C)c(S(=O)(=O)N2CC(C)N(CCc3ccccc3)C(C)C2)c(C)c1. The molecule has 1 fully saturated rings. The van der Waals surface area contributed by atoms with E-state index >= 15 is 0 Å². The summed E-state index contributed by atoms with van der Waals surface area (Å²) in [5.41, 5.74) is 2.77. The first-order valence-electron chi connectivity index (χ1n) is 10.2. The summed E-state index contributed by atoms with van der Waals surface area (Å²) in [7, 11) is -1.96. The van der Waals surface area contributed by atoms with E-state index in [0.29, 0.717) is 23.7 Å². The number of benzene rings is 2. The van der Waals surface area contributed by atoms with E-state index in [0.717, 1.165) is 24.1 Å². The molecule has 2 aromatic rings. The normalized spacial score (nSPS) is 21.3. The van der Waals surface area contributed by atoms with Gasteiger partial charge in [0.1, 0.15) is 5.75 Å². The molecular weight excluding hydrogens is 384 g/mol. The minimum atomic E-state index is -3.55. The number of piperazine rings is 1. The van der Waals surface area contributed by atoms with E-state index < -0.39 is 10.0 Å². The molecule has 0 saturated carbocycles. The molecule has 5 nitrogen and oxygen atoms in total. The van der Waals surface area contributed by atoms with Gasteiger partial charge in [-0.1, -0.05) is 30.3 Å². The third kappa shape index (κ3) is 4.65.